The Morgan fingerprint density at radius 3 is 2.80 bits per heavy atom. The van der Waals surface area contributed by atoms with E-state index in [2.05, 4.69) is 10.3 Å². The third-order valence-corrected chi connectivity index (χ3v) is 3.19. The lowest BCUT2D eigenvalue weighted by Gasteiger charge is -2.16. The van der Waals surface area contributed by atoms with Crippen LogP contribution in [0.3, 0.4) is 0 Å². The Morgan fingerprint density at radius 2 is 2.10 bits per heavy atom. The molecule has 1 N–H and O–H groups in total. The fourth-order valence-corrected chi connectivity index (χ4v) is 1.98. The molecule has 1 atom stereocenters. The molecule has 4 heteroatoms. The topological polar surface area (TPSA) is 34.1 Å². The van der Waals surface area contributed by atoms with Gasteiger partial charge in [-0.25, -0.2) is 4.39 Å². The summed E-state index contributed by atoms with van der Waals surface area (Å²) in [6.45, 7) is 4.28. The summed E-state index contributed by atoms with van der Waals surface area (Å²) in [6, 6.07) is 10.4. The zero-order chi connectivity index (χ0) is 14.5. The summed E-state index contributed by atoms with van der Waals surface area (Å²) >= 11 is 0. The fraction of sp³-hybridized carbons (Fsp3) is 0.312. The smallest absolute Gasteiger partial charge is 0.130 e. The molecule has 1 unspecified atom stereocenters. The number of benzene rings is 1. The largest absolute Gasteiger partial charge is 0.487 e. The van der Waals surface area contributed by atoms with Gasteiger partial charge in [-0.1, -0.05) is 6.07 Å². The van der Waals surface area contributed by atoms with Crippen molar-refractivity contribution in [3.8, 4) is 5.75 Å². The Hall–Kier alpha value is -1.94. The van der Waals surface area contributed by atoms with Crippen LogP contribution in [0.1, 0.15) is 29.9 Å². The molecule has 0 radical (unpaired) electrons. The van der Waals surface area contributed by atoms with Crippen LogP contribution >= 0.6 is 0 Å². The van der Waals surface area contributed by atoms with Gasteiger partial charge in [-0.3, -0.25) is 4.98 Å². The predicted octanol–water partition coefficient (Wildman–Crippen LogP) is 3.39. The molecule has 3 nitrogen and oxygen atoms in total. The molecule has 0 aliphatic rings. The van der Waals surface area contributed by atoms with Gasteiger partial charge in [-0.2, -0.15) is 0 Å². The highest BCUT2D eigenvalue weighted by Gasteiger charge is 2.11. The van der Waals surface area contributed by atoms with E-state index in [-0.39, 0.29) is 11.9 Å². The lowest BCUT2D eigenvalue weighted by Crippen LogP contribution is -2.14. The zero-order valence-corrected chi connectivity index (χ0v) is 12.0. The average Bonchev–Trinajstić information content (AvgIpc) is 2.45. The monoisotopic (exact) mass is 274 g/mol. The molecule has 2 rings (SSSR count). The maximum absolute atomic E-state index is 13.4. The van der Waals surface area contributed by atoms with Crippen LogP contribution in [0.5, 0.6) is 5.75 Å². The van der Waals surface area contributed by atoms with Crippen LogP contribution in [-0.4, -0.2) is 12.0 Å². The minimum Gasteiger partial charge on any atom is -0.487 e. The average molecular weight is 274 g/mol. The molecule has 1 aromatic heterocycles. The summed E-state index contributed by atoms with van der Waals surface area (Å²) < 4.78 is 19.2. The third kappa shape index (κ3) is 3.54. The number of hydrogen-bond acceptors (Lipinski definition) is 3. The van der Waals surface area contributed by atoms with E-state index in [4.69, 9.17) is 4.74 Å². The van der Waals surface area contributed by atoms with Crippen LogP contribution in [0, 0.1) is 12.7 Å². The highest BCUT2D eigenvalue weighted by atomic mass is 19.1. The minimum atomic E-state index is -0.261. The first kappa shape index (κ1) is 14.5. The van der Waals surface area contributed by atoms with Crippen molar-refractivity contribution in [2.24, 2.45) is 0 Å². The van der Waals surface area contributed by atoms with Gasteiger partial charge in [0, 0.05) is 17.3 Å². The molecule has 0 amide bonds. The number of hydrogen-bond donors (Lipinski definition) is 1. The second-order valence-corrected chi connectivity index (χ2v) is 4.75. The van der Waals surface area contributed by atoms with Gasteiger partial charge in [0.15, 0.2) is 0 Å². The number of ether oxygens (including phenoxy) is 1. The Morgan fingerprint density at radius 1 is 1.30 bits per heavy atom. The van der Waals surface area contributed by atoms with Gasteiger partial charge >= 0.3 is 0 Å². The molecular weight excluding hydrogens is 255 g/mol. The fourth-order valence-electron chi connectivity index (χ4n) is 1.98. The van der Waals surface area contributed by atoms with Crippen molar-refractivity contribution in [2.75, 3.05) is 7.05 Å². The molecule has 20 heavy (non-hydrogen) atoms. The maximum Gasteiger partial charge on any atom is 0.130 e. The summed E-state index contributed by atoms with van der Waals surface area (Å²) in [7, 11) is 1.83. The number of aryl methyl sites for hydroxylation is 1. The van der Waals surface area contributed by atoms with Gasteiger partial charge < -0.3 is 10.1 Å². The van der Waals surface area contributed by atoms with Crippen LogP contribution < -0.4 is 10.1 Å². The van der Waals surface area contributed by atoms with Crippen LogP contribution in [-0.2, 0) is 6.61 Å². The van der Waals surface area contributed by atoms with Crippen molar-refractivity contribution in [1.82, 2.24) is 10.3 Å². The van der Waals surface area contributed by atoms with Gasteiger partial charge in [0.05, 0.1) is 5.69 Å². The van der Waals surface area contributed by atoms with Crippen LogP contribution in [0.25, 0.3) is 0 Å². The lowest BCUT2D eigenvalue weighted by atomic mass is 10.1. The van der Waals surface area contributed by atoms with Crippen molar-refractivity contribution < 1.29 is 9.13 Å². The molecular formula is C16H19FN2O. The number of aromatic nitrogens is 1. The number of pyridine rings is 1. The van der Waals surface area contributed by atoms with Gasteiger partial charge in [-0.05, 0) is 51.2 Å². The van der Waals surface area contributed by atoms with E-state index in [0.717, 1.165) is 17.0 Å². The van der Waals surface area contributed by atoms with Crippen molar-refractivity contribution >= 4 is 0 Å². The maximum atomic E-state index is 13.4. The number of rotatable bonds is 5. The van der Waals surface area contributed by atoms with Crippen molar-refractivity contribution in [2.45, 2.75) is 26.5 Å². The first-order chi connectivity index (χ1) is 9.60. The molecule has 106 valence electrons. The highest BCUT2D eigenvalue weighted by molar-refractivity contribution is 5.36. The molecule has 0 aliphatic heterocycles. The van der Waals surface area contributed by atoms with E-state index in [1.807, 2.05) is 39.1 Å². The van der Waals surface area contributed by atoms with Crippen LogP contribution in [0.15, 0.2) is 36.4 Å². The summed E-state index contributed by atoms with van der Waals surface area (Å²) in [6.07, 6.45) is 0. The molecule has 0 fully saturated rings. The van der Waals surface area contributed by atoms with Gasteiger partial charge in [0.1, 0.15) is 18.2 Å². The van der Waals surface area contributed by atoms with E-state index in [9.17, 15) is 4.39 Å². The number of nitrogens with zero attached hydrogens (tertiary/aromatic N) is 1. The van der Waals surface area contributed by atoms with E-state index >= 15 is 0 Å². The normalized spacial score (nSPS) is 12.2. The quantitative estimate of drug-likeness (QED) is 0.907. The Bertz CT molecular complexity index is 586. The third-order valence-electron chi connectivity index (χ3n) is 3.19. The zero-order valence-electron chi connectivity index (χ0n) is 12.0. The van der Waals surface area contributed by atoms with E-state index in [1.54, 1.807) is 6.07 Å². The van der Waals surface area contributed by atoms with E-state index in [1.165, 1.54) is 12.1 Å². The minimum absolute atomic E-state index is 0.0196. The van der Waals surface area contributed by atoms with Crippen molar-refractivity contribution in [1.29, 1.82) is 0 Å². The Labute approximate surface area is 118 Å². The van der Waals surface area contributed by atoms with Gasteiger partial charge in [0.2, 0.25) is 0 Å². The van der Waals surface area contributed by atoms with Gasteiger partial charge in [-0.15, -0.1) is 0 Å². The van der Waals surface area contributed by atoms with Crippen LogP contribution in [0.2, 0.25) is 0 Å². The highest BCUT2D eigenvalue weighted by Crippen LogP contribution is 2.26. The van der Waals surface area contributed by atoms with E-state index in [0.29, 0.717) is 12.4 Å². The van der Waals surface area contributed by atoms with E-state index < -0.39 is 0 Å². The molecule has 1 aromatic carbocycles. The van der Waals surface area contributed by atoms with Crippen molar-refractivity contribution in [3.63, 3.8) is 0 Å². The standard InChI is InChI=1S/C16H19FN2O/c1-11-5-4-6-14(19-11)10-20-16-8-7-13(17)9-15(16)12(2)18-3/h4-9,12,18H,10H2,1-3H3. The van der Waals surface area contributed by atoms with Crippen LogP contribution in [0.4, 0.5) is 4.39 Å². The molecule has 0 aliphatic carbocycles. The summed E-state index contributed by atoms with van der Waals surface area (Å²) in [5, 5.41) is 3.09. The molecule has 0 saturated carbocycles. The Balaban J connectivity index is 2.16. The number of halogens is 1. The molecule has 0 bridgehead atoms. The first-order valence-corrected chi connectivity index (χ1v) is 6.62. The SMILES string of the molecule is CNC(C)c1cc(F)ccc1OCc1cccc(C)n1. The molecule has 0 saturated heterocycles. The Kier molecular flexibility index (Phi) is 4.69. The van der Waals surface area contributed by atoms with Gasteiger partial charge in [0.25, 0.3) is 0 Å². The number of nitrogens with one attached hydrogen (secondary N) is 1. The molecule has 2 aromatic rings. The summed E-state index contributed by atoms with van der Waals surface area (Å²) in [5.74, 6) is 0.416. The second-order valence-electron chi connectivity index (χ2n) is 4.75. The molecule has 0 spiro atoms. The lowest BCUT2D eigenvalue weighted by molar-refractivity contribution is 0.294. The summed E-state index contributed by atoms with van der Waals surface area (Å²) in [4.78, 5) is 4.39. The first-order valence-electron chi connectivity index (χ1n) is 6.62. The van der Waals surface area contributed by atoms with Crippen molar-refractivity contribution in [3.05, 3.63) is 59.2 Å². The molecule has 1 heterocycles. The second kappa shape index (κ2) is 6.48. The summed E-state index contributed by atoms with van der Waals surface area (Å²) in [5.41, 5.74) is 2.62. The predicted molar refractivity (Wildman–Crippen MR) is 77.2 cm³/mol.